The van der Waals surface area contributed by atoms with Gasteiger partial charge in [0, 0.05) is 152 Å². The third kappa shape index (κ3) is 21.2. The molecule has 2 unspecified atom stereocenters. The zero-order valence-electron chi connectivity index (χ0n) is 80.9. The standard InChI is InChI=1S/C25H33FN8O3.C25H33N7O4.C24H31FN8O3.C22H27N7O4/c1-27-22-13-21(31-23-17(14-28-34(22)23)24(35)30-18-7-8-20(18)37-2)29-19-6-4-11-33(25(19)36)16-5-3-10-32(15-16)12-9-26;1-26-22-13-21(28-17-7-6-12-31(25(17)34)18-8-4-5-9-20(18)36-3)30-23-15(14-27-32(22)23)24(33)29-16-10-11-19(16)35-2;1-26-21-12-20(28-18-4-3-9-32(24(18)35)15-7-10-31(14-15)11-8-25)30-22-16(13-27-33(21)22)23(34)29-17-5-6-19(17)36-2;1-23-19-10-18(25-14-4-3-9-28(22(14)32)15-6-7-16(15)30)27-20-12(11-24-29(19)20)21(31)26-13-5-8-17(13)33-2/h4,6,11,13-14,16,18,20,27H,3,5,7-10,12,15H2,1-2H3,(H,29,31)(H,30,35);6-7,12-14,16,18-20,26H,4-5,8-11H2,1-3H3,(H,28,30)(H,29,33);3-4,9,12-13,15,17,19,26H,5-8,10-11,14H2,1-2H3,(H,28,30)(H,29,34);3-4,9-11,13,15-17,23,30H,5-8H2,1-2H3,(H,25,27)(H,26,31)/t16-,18-,20-;16-,18-,19-,20+;15-,17?,19?;13-,15-,16-,17-/m1010/s1. The number of methoxy groups -OCH3 is 5. The quantitative estimate of drug-likeness (QED) is 0.0185. The van der Waals surface area contributed by atoms with Crippen LogP contribution in [0.2, 0.25) is 0 Å². The van der Waals surface area contributed by atoms with Crippen molar-refractivity contribution >= 4 is 116 Å². The number of fused-ring (bicyclic) bond motifs is 4. The minimum atomic E-state index is -0.510. The van der Waals surface area contributed by atoms with Crippen molar-refractivity contribution in [3.05, 3.63) is 186 Å². The number of piperidine rings is 1. The summed E-state index contributed by atoms with van der Waals surface area (Å²) < 4.78 is 65.7. The summed E-state index contributed by atoms with van der Waals surface area (Å²) in [6.07, 6.45) is 27.7. The van der Waals surface area contributed by atoms with Gasteiger partial charge in [-0.05, 0) is 151 Å². The van der Waals surface area contributed by atoms with Crippen molar-refractivity contribution in [2.45, 2.75) is 194 Å². The third-order valence-corrected chi connectivity index (χ3v) is 28.4. The fourth-order valence-electron chi connectivity index (χ4n) is 19.6. The Hall–Kier alpha value is -13.9. The van der Waals surface area contributed by atoms with Crippen molar-refractivity contribution in [3.8, 4) is 0 Å². The topological polar surface area (TPSA) is 494 Å². The predicted molar refractivity (Wildman–Crippen MR) is 531 cm³/mol. The molecule has 6 saturated carbocycles. The Morgan fingerprint density at radius 3 is 0.972 bits per heavy atom. The van der Waals surface area contributed by atoms with Crippen LogP contribution in [0.15, 0.2) is 142 Å². The van der Waals surface area contributed by atoms with Gasteiger partial charge in [0.25, 0.3) is 45.9 Å². The summed E-state index contributed by atoms with van der Waals surface area (Å²) in [4.78, 5) is 128. The van der Waals surface area contributed by atoms with E-state index in [4.69, 9.17) is 23.7 Å². The average Bonchev–Trinajstić information content (AvgIpc) is 1.63. The van der Waals surface area contributed by atoms with Crippen LogP contribution in [0.5, 0.6) is 0 Å². The number of pyridine rings is 4. The van der Waals surface area contributed by atoms with E-state index in [1.54, 1.807) is 173 Å². The van der Waals surface area contributed by atoms with Gasteiger partial charge in [0.1, 0.15) is 105 Å². The molecule has 2 saturated heterocycles. The summed E-state index contributed by atoms with van der Waals surface area (Å²) in [5.41, 5.74) is 3.57. The molecule has 4 amide bonds. The van der Waals surface area contributed by atoms with E-state index in [9.17, 15) is 52.2 Å². The summed E-state index contributed by atoms with van der Waals surface area (Å²) in [5.74, 6) is 3.00. The monoisotopic (exact) mass is 1960 g/mol. The van der Waals surface area contributed by atoms with Gasteiger partial charge in [0.2, 0.25) is 0 Å². The maximum Gasteiger partial charge on any atom is 0.274 e. The van der Waals surface area contributed by atoms with Gasteiger partial charge in [-0.3, -0.25) is 48.2 Å². The molecule has 2 aliphatic heterocycles. The van der Waals surface area contributed by atoms with E-state index in [2.05, 4.69) is 109 Å². The van der Waals surface area contributed by atoms with Gasteiger partial charge in [-0.15, -0.1) is 0 Å². The first kappa shape index (κ1) is 99.7. The summed E-state index contributed by atoms with van der Waals surface area (Å²) in [7, 11) is 15.3. The highest BCUT2D eigenvalue weighted by molar-refractivity contribution is 6.03. The van der Waals surface area contributed by atoms with Crippen molar-refractivity contribution in [2.75, 3.05) is 159 Å². The molecule has 13 N–H and O–H groups in total. The second-order valence-electron chi connectivity index (χ2n) is 36.6. The molecule has 20 rings (SSSR count). The number of nitrogens with zero attached hydrogens (tertiary/aromatic N) is 18. The number of nitrogens with one attached hydrogen (secondary N) is 12. The summed E-state index contributed by atoms with van der Waals surface area (Å²) in [6.45, 7) is 2.86. The number of aromatic nitrogens is 16. The summed E-state index contributed by atoms with van der Waals surface area (Å²) in [6, 6.07) is 20.6. The summed E-state index contributed by atoms with van der Waals surface area (Å²) in [5, 5.41) is 64.1. The number of carbonyl (C=O) groups is 4. The average molecular weight is 1960 g/mol. The molecule has 142 heavy (non-hydrogen) atoms. The first-order chi connectivity index (χ1) is 69.1. The van der Waals surface area contributed by atoms with E-state index >= 15 is 0 Å². The molecule has 8 aliphatic rings. The lowest BCUT2D eigenvalue weighted by Gasteiger charge is -2.35. The molecule has 12 aromatic heterocycles. The minimum absolute atomic E-state index is 0.00568. The molecule has 12 aromatic rings. The fraction of sp³-hybridized carbons (Fsp3) is 0.500. The highest BCUT2D eigenvalue weighted by atomic mass is 19.1. The molecule has 0 aromatic carbocycles. The van der Waals surface area contributed by atoms with Gasteiger partial charge in [0.15, 0.2) is 22.6 Å². The first-order valence-corrected chi connectivity index (χ1v) is 48.4. The summed E-state index contributed by atoms with van der Waals surface area (Å²) >= 11 is 0. The molecule has 8 fully saturated rings. The number of halogens is 2. The molecule has 44 nitrogen and oxygen atoms in total. The maximum atomic E-state index is 13.4. The van der Waals surface area contributed by atoms with Crippen LogP contribution < -0.4 is 86.0 Å². The number of alkyl halides is 2. The van der Waals surface area contributed by atoms with Crippen LogP contribution in [0.4, 0.5) is 78.1 Å². The Labute approximate surface area is 815 Å². The number of rotatable bonds is 33. The number of amides is 4. The molecule has 0 radical (unpaired) electrons. The van der Waals surface area contributed by atoms with Crippen LogP contribution in [0, 0.1) is 0 Å². The second-order valence-corrected chi connectivity index (χ2v) is 36.6. The molecular weight excluding hydrogens is 1840 g/mol. The molecule has 756 valence electrons. The number of anilines is 12. The number of aliphatic hydroxyl groups is 1. The second kappa shape index (κ2) is 44.9. The van der Waals surface area contributed by atoms with Crippen LogP contribution in [-0.4, -0.2) is 292 Å². The smallest absolute Gasteiger partial charge is 0.274 e. The number of aliphatic hydroxyl groups excluding tert-OH is 1. The van der Waals surface area contributed by atoms with Crippen molar-refractivity contribution in [1.29, 1.82) is 0 Å². The number of hydrogen-bond acceptors (Lipinski definition) is 32. The van der Waals surface area contributed by atoms with Crippen molar-refractivity contribution in [2.24, 2.45) is 0 Å². The van der Waals surface area contributed by atoms with E-state index in [-0.39, 0.29) is 125 Å². The molecule has 46 heteroatoms. The Bertz CT molecular complexity index is 6770. The normalized spacial score (nSPS) is 22.9. The van der Waals surface area contributed by atoms with E-state index in [1.807, 2.05) is 29.3 Å². The minimum Gasteiger partial charge on any atom is -0.391 e. The first-order valence-electron chi connectivity index (χ1n) is 48.4. The molecule has 6 aliphatic carbocycles. The molecule has 0 spiro atoms. The van der Waals surface area contributed by atoms with Gasteiger partial charge in [-0.1, -0.05) is 12.8 Å². The third-order valence-electron chi connectivity index (χ3n) is 28.4. The van der Waals surface area contributed by atoms with Crippen LogP contribution in [-0.2, 0) is 23.7 Å². The Balaban J connectivity index is 0.000000130. The SMILES string of the molecule is CNc1cc(Nc2cccn([C@@H]3CCCN(CCF)C3)c2=O)nc2c(C(=O)N[C@@H]3CC[C@H]3OC)cnn12.CNc1cc(Nc2cccn([C@@H]3CCN(CCF)C3)c2=O)nc2c(C(=O)NC3CCC3OC)cnn12.CNc1cc(Nc2cccn([C@H]3CCCC[C@H]3OC)c2=O)nc2c(C(=O)N[C@H]3CC[C@@H]3OC)cnn12.CNc1cc(Nc2cccn([C@H]3CC[C@@H]3O)c2=O)nc2c(C(=O)N[C@H]3CC[C@@H]3OC)cnn12. The molecule has 14 atom stereocenters. The van der Waals surface area contributed by atoms with E-state index < -0.39 is 19.5 Å². The number of hydrogen-bond donors (Lipinski definition) is 13. The molecule has 14 heterocycles. The highest BCUT2D eigenvalue weighted by Crippen LogP contribution is 2.36. The van der Waals surface area contributed by atoms with Gasteiger partial charge >= 0.3 is 0 Å². The van der Waals surface area contributed by atoms with Crippen molar-refractivity contribution in [1.82, 2.24) is 108 Å². The van der Waals surface area contributed by atoms with Crippen LogP contribution in [0.1, 0.15) is 175 Å². The van der Waals surface area contributed by atoms with Gasteiger partial charge in [-0.25, -0.2) is 28.7 Å². The zero-order chi connectivity index (χ0) is 99.5. The van der Waals surface area contributed by atoms with E-state index in [0.29, 0.717) is 147 Å². The molecular formula is C96H124F2N30O14. The van der Waals surface area contributed by atoms with E-state index in [0.717, 1.165) is 116 Å². The van der Waals surface area contributed by atoms with Gasteiger partial charge in [-0.2, -0.15) is 38.5 Å². The number of carbonyl (C=O) groups excluding carboxylic acids is 4. The number of likely N-dealkylation sites (tertiary alicyclic amines) is 2. The predicted octanol–water partition coefficient (Wildman–Crippen LogP) is 7.98. The van der Waals surface area contributed by atoms with Crippen molar-refractivity contribution < 1.29 is 56.7 Å². The lowest BCUT2D eigenvalue weighted by Crippen LogP contribution is -2.51. The van der Waals surface area contributed by atoms with E-state index in [1.165, 1.54) is 24.8 Å². The Morgan fingerprint density at radius 2 is 0.676 bits per heavy atom. The lowest BCUT2D eigenvalue weighted by molar-refractivity contribution is 0.00731. The Morgan fingerprint density at radius 1 is 0.366 bits per heavy atom. The Kier molecular flexibility index (Phi) is 31.5. The van der Waals surface area contributed by atoms with Crippen LogP contribution in [0.25, 0.3) is 22.6 Å². The largest absolute Gasteiger partial charge is 0.391 e. The molecule has 0 bridgehead atoms. The van der Waals surface area contributed by atoms with Crippen LogP contribution >= 0.6 is 0 Å². The van der Waals surface area contributed by atoms with Crippen molar-refractivity contribution in [3.63, 3.8) is 0 Å². The maximum absolute atomic E-state index is 13.4. The van der Waals surface area contributed by atoms with Crippen LogP contribution in [0.3, 0.4) is 0 Å². The van der Waals surface area contributed by atoms with Gasteiger partial charge < -0.3 is 111 Å². The van der Waals surface area contributed by atoms with Gasteiger partial charge in [0.05, 0.1) is 104 Å². The highest BCUT2D eigenvalue weighted by Gasteiger charge is 2.40. The fourth-order valence-corrected chi connectivity index (χ4v) is 19.6. The number of ether oxygens (including phenoxy) is 5. The lowest BCUT2D eigenvalue weighted by atomic mass is 9.89. The zero-order valence-corrected chi connectivity index (χ0v) is 80.9.